The number of unbranched alkanes of at least 4 members (excludes halogenated alkanes) is 1. The number of aromatic nitrogens is 3. The number of nitrogens with two attached hydrogens (primary N) is 4. The van der Waals surface area contributed by atoms with Crippen LogP contribution in [0.25, 0.3) is 0 Å². The van der Waals surface area contributed by atoms with E-state index in [4.69, 9.17) is 32.6 Å². The molecule has 248 valence electrons. The lowest BCUT2D eigenvalue weighted by molar-refractivity contribution is -0.120. The second-order valence-corrected chi connectivity index (χ2v) is 10.6. The van der Waals surface area contributed by atoms with E-state index in [9.17, 15) is 19.2 Å². The third-order valence-electron chi connectivity index (χ3n) is 7.05. The van der Waals surface area contributed by atoms with Crippen molar-refractivity contribution in [3.63, 3.8) is 0 Å². The van der Waals surface area contributed by atoms with Crippen molar-refractivity contribution in [2.75, 3.05) is 13.2 Å². The Morgan fingerprint density at radius 2 is 1.63 bits per heavy atom. The number of nitrogens with zero attached hydrogens (tertiary/aromatic N) is 3. The molecule has 0 bridgehead atoms. The van der Waals surface area contributed by atoms with Gasteiger partial charge >= 0.3 is 0 Å². The number of rotatable bonds is 21. The van der Waals surface area contributed by atoms with Crippen LogP contribution in [0.2, 0.25) is 0 Å². The van der Waals surface area contributed by atoms with E-state index in [1.807, 2.05) is 12.1 Å². The molecule has 16 heteroatoms. The minimum atomic E-state index is -0.660. The lowest BCUT2D eigenvalue weighted by Gasteiger charge is -2.14. The van der Waals surface area contributed by atoms with E-state index in [2.05, 4.69) is 26.5 Å². The van der Waals surface area contributed by atoms with Crippen molar-refractivity contribution in [3.05, 3.63) is 71.0 Å². The van der Waals surface area contributed by atoms with Gasteiger partial charge in [-0.1, -0.05) is 17.3 Å². The standard InChI is InChI=1S/C30H42N10O6/c1-19(41)21-8-11-27(24(16-21)30(44)35-12-3-2-5-25(36-33)28(31)42)45-14-4-13-40-17-22(38-39-40)18-46-23-9-6-20(7-10-23)15-26(37-34)29(32)43/h6-11,16-17,25-26,36-37H,2-5,12-15,18,33-34H2,1H3,(H2,31,42)(H2,32,43)(H,35,44)/t25-,26-/m0/s1. The fourth-order valence-corrected chi connectivity index (χ4v) is 4.41. The molecule has 0 radical (unpaired) electrons. The molecule has 3 amide bonds. The lowest BCUT2D eigenvalue weighted by Crippen LogP contribution is -2.46. The van der Waals surface area contributed by atoms with Crippen molar-refractivity contribution in [1.29, 1.82) is 0 Å². The molecule has 1 heterocycles. The van der Waals surface area contributed by atoms with Crippen LogP contribution in [0.15, 0.2) is 48.7 Å². The van der Waals surface area contributed by atoms with Crippen LogP contribution in [0.1, 0.15) is 64.6 Å². The topological polar surface area (TPSA) is 258 Å². The zero-order chi connectivity index (χ0) is 33.5. The SMILES string of the molecule is CC(=O)c1ccc(OCCCn2cc(COc3ccc(C[C@H](NN)C(N)=O)cc3)nn2)c(C(=O)NCCCC[C@H](NN)C(N)=O)c1. The third kappa shape index (κ3) is 11.2. The molecule has 2 atom stereocenters. The number of hydrazine groups is 2. The van der Waals surface area contributed by atoms with Gasteiger partial charge in [-0.25, -0.2) is 10.9 Å². The van der Waals surface area contributed by atoms with Crippen molar-refractivity contribution >= 4 is 23.5 Å². The van der Waals surface area contributed by atoms with E-state index in [1.54, 1.807) is 35.1 Å². The molecule has 1 aromatic heterocycles. The number of hydrogen-bond donors (Lipinski definition) is 7. The first kappa shape index (κ1) is 35.6. The van der Waals surface area contributed by atoms with Gasteiger partial charge in [0, 0.05) is 25.1 Å². The summed E-state index contributed by atoms with van der Waals surface area (Å²) in [5.74, 6) is 10.0. The molecule has 0 unspecified atom stereocenters. The van der Waals surface area contributed by atoms with Crippen LogP contribution in [0.5, 0.6) is 11.5 Å². The number of nitrogens with one attached hydrogen (secondary N) is 3. The number of carbonyl (C=O) groups is 4. The molecule has 0 saturated carbocycles. The molecule has 16 nitrogen and oxygen atoms in total. The minimum absolute atomic E-state index is 0.172. The fourth-order valence-electron chi connectivity index (χ4n) is 4.41. The van der Waals surface area contributed by atoms with Crippen LogP contribution in [0.3, 0.4) is 0 Å². The molecule has 0 fully saturated rings. The number of ether oxygens (including phenoxy) is 2. The molecule has 0 aliphatic rings. The Morgan fingerprint density at radius 3 is 2.28 bits per heavy atom. The predicted octanol–water partition coefficient (Wildman–Crippen LogP) is -0.394. The van der Waals surface area contributed by atoms with Crippen LogP contribution in [-0.4, -0.2) is 63.7 Å². The number of carbonyl (C=O) groups excluding carboxylic acids is 4. The Balaban J connectivity index is 1.45. The predicted molar refractivity (Wildman–Crippen MR) is 168 cm³/mol. The summed E-state index contributed by atoms with van der Waals surface area (Å²) in [4.78, 5) is 47.5. The summed E-state index contributed by atoms with van der Waals surface area (Å²) in [6, 6.07) is 10.7. The summed E-state index contributed by atoms with van der Waals surface area (Å²) in [7, 11) is 0. The minimum Gasteiger partial charge on any atom is -0.493 e. The van der Waals surface area contributed by atoms with E-state index in [0.717, 1.165) is 5.56 Å². The fraction of sp³-hybridized carbons (Fsp3) is 0.400. The van der Waals surface area contributed by atoms with E-state index < -0.39 is 23.9 Å². The summed E-state index contributed by atoms with van der Waals surface area (Å²) >= 11 is 0. The van der Waals surface area contributed by atoms with Crippen molar-refractivity contribution in [2.24, 2.45) is 23.2 Å². The second-order valence-electron chi connectivity index (χ2n) is 10.6. The van der Waals surface area contributed by atoms with Crippen LogP contribution in [0.4, 0.5) is 0 Å². The maximum absolute atomic E-state index is 13.0. The molecule has 0 aliphatic carbocycles. The molecular weight excluding hydrogens is 596 g/mol. The van der Waals surface area contributed by atoms with Crippen molar-refractivity contribution in [3.8, 4) is 11.5 Å². The average Bonchev–Trinajstić information content (AvgIpc) is 3.50. The number of aryl methyl sites for hydroxylation is 1. The van der Waals surface area contributed by atoms with Gasteiger partial charge < -0.3 is 26.3 Å². The molecular formula is C30H42N10O6. The number of amides is 3. The smallest absolute Gasteiger partial charge is 0.255 e. The summed E-state index contributed by atoms with van der Waals surface area (Å²) in [6.45, 7) is 2.78. The highest BCUT2D eigenvalue weighted by molar-refractivity contribution is 6.01. The highest BCUT2D eigenvalue weighted by atomic mass is 16.5. The molecule has 0 aliphatic heterocycles. The van der Waals surface area contributed by atoms with E-state index in [1.165, 1.54) is 13.0 Å². The summed E-state index contributed by atoms with van der Waals surface area (Å²) in [5, 5.41) is 11.1. The first-order chi connectivity index (χ1) is 22.1. The van der Waals surface area contributed by atoms with Crippen molar-refractivity contribution in [1.82, 2.24) is 31.2 Å². The molecule has 3 aromatic rings. The first-order valence-corrected chi connectivity index (χ1v) is 14.8. The Morgan fingerprint density at radius 1 is 0.913 bits per heavy atom. The number of primary amides is 2. The Labute approximate surface area is 266 Å². The monoisotopic (exact) mass is 638 g/mol. The molecule has 46 heavy (non-hydrogen) atoms. The Bertz CT molecular complexity index is 1460. The quantitative estimate of drug-likeness (QED) is 0.0341. The zero-order valence-corrected chi connectivity index (χ0v) is 25.7. The van der Waals surface area contributed by atoms with Crippen LogP contribution < -0.4 is 48.8 Å². The molecule has 0 spiro atoms. The zero-order valence-electron chi connectivity index (χ0n) is 25.7. The summed E-state index contributed by atoms with van der Waals surface area (Å²) < 4.78 is 13.4. The van der Waals surface area contributed by atoms with Gasteiger partial charge in [-0.2, -0.15) is 0 Å². The number of ketones is 1. The number of benzene rings is 2. The molecule has 0 saturated heterocycles. The van der Waals surface area contributed by atoms with Crippen molar-refractivity contribution in [2.45, 2.75) is 64.3 Å². The van der Waals surface area contributed by atoms with Gasteiger partial charge in [0.15, 0.2) is 5.78 Å². The van der Waals surface area contributed by atoms with Gasteiger partial charge in [-0.05, 0) is 68.5 Å². The number of Topliss-reactive ketones (excluding diaryl/α,β-unsaturated/α-hetero) is 1. The van der Waals surface area contributed by atoms with E-state index in [0.29, 0.717) is 68.0 Å². The highest BCUT2D eigenvalue weighted by Gasteiger charge is 2.17. The van der Waals surface area contributed by atoms with E-state index in [-0.39, 0.29) is 30.5 Å². The molecule has 3 rings (SSSR count). The maximum Gasteiger partial charge on any atom is 0.255 e. The lowest BCUT2D eigenvalue weighted by atomic mass is 10.1. The number of hydrogen-bond acceptors (Lipinski definition) is 12. The van der Waals surface area contributed by atoms with Gasteiger partial charge in [-0.3, -0.25) is 35.5 Å². The second kappa shape index (κ2) is 18.2. The Hall–Kier alpha value is -4.90. The summed E-state index contributed by atoms with van der Waals surface area (Å²) in [5.41, 5.74) is 17.5. The normalized spacial score (nSPS) is 12.2. The highest BCUT2D eigenvalue weighted by Crippen LogP contribution is 2.21. The van der Waals surface area contributed by atoms with Gasteiger partial charge in [0.05, 0.1) is 24.4 Å². The first-order valence-electron chi connectivity index (χ1n) is 14.8. The largest absolute Gasteiger partial charge is 0.493 e. The van der Waals surface area contributed by atoms with E-state index >= 15 is 0 Å². The van der Waals surface area contributed by atoms with Crippen LogP contribution in [0, 0.1) is 0 Å². The van der Waals surface area contributed by atoms with Gasteiger partial charge in [0.1, 0.15) is 29.8 Å². The van der Waals surface area contributed by atoms with Gasteiger partial charge in [-0.15, -0.1) is 5.10 Å². The summed E-state index contributed by atoms with van der Waals surface area (Å²) in [6.07, 6.45) is 4.36. The van der Waals surface area contributed by atoms with Gasteiger partial charge in [0.2, 0.25) is 11.8 Å². The third-order valence-corrected chi connectivity index (χ3v) is 7.05. The molecule has 11 N–H and O–H groups in total. The van der Waals surface area contributed by atoms with Crippen LogP contribution >= 0.6 is 0 Å². The maximum atomic E-state index is 13.0. The van der Waals surface area contributed by atoms with Crippen LogP contribution in [-0.2, 0) is 29.2 Å². The molecule has 2 aromatic carbocycles. The Kier molecular flexibility index (Phi) is 14.0. The average molecular weight is 639 g/mol. The van der Waals surface area contributed by atoms with Crippen molar-refractivity contribution < 1.29 is 28.7 Å². The van der Waals surface area contributed by atoms with Gasteiger partial charge in [0.25, 0.3) is 5.91 Å².